The minimum atomic E-state index is -0.695. The summed E-state index contributed by atoms with van der Waals surface area (Å²) in [7, 11) is 1.65. The maximum Gasteiger partial charge on any atom is 0.311 e. The maximum atomic E-state index is 12.8. The van der Waals surface area contributed by atoms with E-state index in [0.717, 1.165) is 27.2 Å². The number of hydrogen-bond donors (Lipinski definition) is 0. The van der Waals surface area contributed by atoms with Crippen molar-refractivity contribution in [3.63, 3.8) is 0 Å². The van der Waals surface area contributed by atoms with Crippen LogP contribution in [0.25, 0.3) is 11.0 Å². The van der Waals surface area contributed by atoms with E-state index in [1.54, 1.807) is 25.1 Å². The third-order valence-electron chi connectivity index (χ3n) is 5.27. The van der Waals surface area contributed by atoms with Crippen LogP contribution < -0.4 is 4.74 Å². The molecule has 0 atom stereocenters. The van der Waals surface area contributed by atoms with Gasteiger partial charge < -0.3 is 14.0 Å². The van der Waals surface area contributed by atoms with Crippen molar-refractivity contribution in [2.45, 2.75) is 64.2 Å². The van der Waals surface area contributed by atoms with E-state index in [1.165, 1.54) is 0 Å². The number of nitrogens with zero attached hydrogens (tertiary/aromatic N) is 2. The summed E-state index contributed by atoms with van der Waals surface area (Å²) in [4.78, 5) is 18.7. The highest BCUT2D eigenvalue weighted by Crippen LogP contribution is 2.43. The summed E-state index contributed by atoms with van der Waals surface area (Å²) in [6, 6.07) is 9.87. The van der Waals surface area contributed by atoms with Crippen LogP contribution in [0.4, 0.5) is 0 Å². The van der Waals surface area contributed by atoms with Gasteiger partial charge in [-0.25, -0.2) is 4.98 Å². The number of esters is 1. The molecule has 3 aromatic rings. The Kier molecular flexibility index (Phi) is 7.69. The molecule has 2 aromatic heterocycles. The molecule has 0 aliphatic rings. The number of benzene rings is 1. The van der Waals surface area contributed by atoms with Gasteiger partial charge in [-0.3, -0.25) is 4.79 Å². The highest BCUT2D eigenvalue weighted by Gasteiger charge is 2.34. The number of methoxy groups -OCH3 is 1. The Balaban J connectivity index is 2.24. The van der Waals surface area contributed by atoms with E-state index in [2.05, 4.69) is 25.3 Å². The van der Waals surface area contributed by atoms with Crippen molar-refractivity contribution in [2.24, 2.45) is 5.41 Å². The van der Waals surface area contributed by atoms with Crippen LogP contribution in [-0.4, -0.2) is 34.0 Å². The molecule has 1 aromatic carbocycles. The molecule has 2 heterocycles. The van der Waals surface area contributed by atoms with E-state index >= 15 is 0 Å². The average Bonchev–Trinajstić information content (AvgIpc) is 3.00. The molecule has 0 fully saturated rings. The zero-order chi connectivity index (χ0) is 24.4. The second kappa shape index (κ2) is 9.98. The molecule has 7 heteroatoms. The smallest absolute Gasteiger partial charge is 0.311 e. The van der Waals surface area contributed by atoms with Gasteiger partial charge in [-0.1, -0.05) is 44.5 Å². The van der Waals surface area contributed by atoms with Gasteiger partial charge in [0.1, 0.15) is 11.4 Å². The van der Waals surface area contributed by atoms with Crippen LogP contribution in [0.2, 0.25) is 5.02 Å². The lowest BCUT2D eigenvalue weighted by Gasteiger charge is -2.25. The van der Waals surface area contributed by atoms with Gasteiger partial charge in [0.15, 0.2) is 0 Å². The number of thioether (sulfide) groups is 1. The van der Waals surface area contributed by atoms with E-state index in [9.17, 15) is 4.79 Å². The number of fused-ring (bicyclic) bond motifs is 1. The van der Waals surface area contributed by atoms with Gasteiger partial charge in [-0.2, -0.15) is 0 Å². The molecule has 0 unspecified atom stereocenters. The number of ether oxygens (including phenoxy) is 2. The Morgan fingerprint density at radius 1 is 1.15 bits per heavy atom. The number of pyridine rings is 1. The number of hydrogen-bond acceptors (Lipinski definition) is 5. The largest absolute Gasteiger partial charge is 0.495 e. The van der Waals surface area contributed by atoms with E-state index in [0.29, 0.717) is 30.3 Å². The third kappa shape index (κ3) is 6.04. The molecular weight excluding hydrogens is 456 g/mol. The predicted octanol–water partition coefficient (Wildman–Crippen LogP) is 6.77. The summed E-state index contributed by atoms with van der Waals surface area (Å²) < 4.78 is 13.1. The fraction of sp³-hybridized carbons (Fsp3) is 0.462. The van der Waals surface area contributed by atoms with Gasteiger partial charge in [0, 0.05) is 38.7 Å². The topological polar surface area (TPSA) is 53.4 Å². The van der Waals surface area contributed by atoms with Crippen molar-refractivity contribution < 1.29 is 14.3 Å². The summed E-state index contributed by atoms with van der Waals surface area (Å²) >= 11 is 7.90. The average molecular weight is 489 g/mol. The monoisotopic (exact) mass is 488 g/mol. The zero-order valence-corrected chi connectivity index (χ0v) is 22.1. The van der Waals surface area contributed by atoms with Crippen LogP contribution in [0.3, 0.4) is 0 Å². The molecule has 33 heavy (non-hydrogen) atoms. The van der Waals surface area contributed by atoms with Crippen molar-refractivity contribution in [1.29, 1.82) is 0 Å². The number of rotatable bonds is 8. The quantitative estimate of drug-likeness (QED) is 0.258. The zero-order valence-electron chi connectivity index (χ0n) is 20.5. The van der Waals surface area contributed by atoms with E-state index in [1.807, 2.05) is 51.1 Å². The summed E-state index contributed by atoms with van der Waals surface area (Å²) in [5, 5.41) is 1.73. The Labute approximate surface area is 205 Å². The lowest BCUT2D eigenvalue weighted by molar-refractivity contribution is -0.153. The van der Waals surface area contributed by atoms with Gasteiger partial charge in [0.25, 0.3) is 0 Å². The SMILES string of the molecule is CCOC(=O)C(C)(C)Cc1c(SC(C)(C)C)c2cc(OC)cnc2n1Cc1ccc(Cl)cc1. The molecule has 5 nitrogen and oxygen atoms in total. The summed E-state index contributed by atoms with van der Waals surface area (Å²) in [5.41, 5.74) is 2.35. The first-order valence-electron chi connectivity index (χ1n) is 11.1. The molecule has 0 bridgehead atoms. The van der Waals surface area contributed by atoms with Crippen LogP contribution in [-0.2, 0) is 22.5 Å². The molecule has 0 saturated carbocycles. The number of halogens is 1. The van der Waals surface area contributed by atoms with Crippen LogP contribution in [0, 0.1) is 5.41 Å². The van der Waals surface area contributed by atoms with E-state index < -0.39 is 5.41 Å². The van der Waals surface area contributed by atoms with Crippen molar-refractivity contribution >= 4 is 40.4 Å². The lowest BCUT2D eigenvalue weighted by atomic mass is 9.87. The highest BCUT2D eigenvalue weighted by molar-refractivity contribution is 8.00. The van der Waals surface area contributed by atoms with Crippen molar-refractivity contribution in [1.82, 2.24) is 9.55 Å². The molecular formula is C26H33ClN2O3S. The number of aromatic nitrogens is 2. The van der Waals surface area contributed by atoms with Crippen molar-refractivity contribution in [2.75, 3.05) is 13.7 Å². The molecule has 0 aliphatic heterocycles. The van der Waals surface area contributed by atoms with Crippen LogP contribution >= 0.6 is 23.4 Å². The molecule has 0 aliphatic carbocycles. The Bertz CT molecular complexity index is 1130. The second-order valence-electron chi connectivity index (χ2n) is 9.73. The molecule has 0 saturated heterocycles. The molecule has 0 N–H and O–H groups in total. The highest BCUT2D eigenvalue weighted by atomic mass is 35.5. The van der Waals surface area contributed by atoms with Gasteiger partial charge >= 0.3 is 5.97 Å². The Morgan fingerprint density at radius 3 is 2.39 bits per heavy atom. The number of carbonyl (C=O) groups excluding carboxylic acids is 1. The minimum Gasteiger partial charge on any atom is -0.495 e. The van der Waals surface area contributed by atoms with Gasteiger partial charge in [-0.05, 0) is 44.5 Å². The van der Waals surface area contributed by atoms with E-state index in [-0.39, 0.29) is 10.7 Å². The molecule has 0 amide bonds. The Hall–Kier alpha value is -2.18. The van der Waals surface area contributed by atoms with Crippen LogP contribution in [0.5, 0.6) is 5.75 Å². The van der Waals surface area contributed by atoms with Crippen LogP contribution in [0.1, 0.15) is 52.8 Å². The molecule has 0 spiro atoms. The standard InChI is InChI=1S/C26H33ClN2O3S/c1-8-32-24(30)26(5,6)14-21-22(33-25(2,3)4)20-13-19(31-7)15-28-23(20)29(21)16-17-9-11-18(27)12-10-17/h9-13,15H,8,14,16H2,1-7H3. The fourth-order valence-electron chi connectivity index (χ4n) is 3.69. The maximum absolute atomic E-state index is 12.8. The van der Waals surface area contributed by atoms with Gasteiger partial charge in [0.2, 0.25) is 0 Å². The van der Waals surface area contributed by atoms with Crippen LogP contribution in [0.15, 0.2) is 41.4 Å². The first-order valence-corrected chi connectivity index (χ1v) is 12.3. The second-order valence-corrected chi connectivity index (χ2v) is 12.0. The van der Waals surface area contributed by atoms with Crippen molar-refractivity contribution in [3.8, 4) is 5.75 Å². The lowest BCUT2D eigenvalue weighted by Crippen LogP contribution is -2.30. The van der Waals surface area contributed by atoms with E-state index in [4.69, 9.17) is 26.1 Å². The Morgan fingerprint density at radius 2 is 1.82 bits per heavy atom. The molecule has 3 rings (SSSR count). The summed E-state index contributed by atoms with van der Waals surface area (Å²) in [6.45, 7) is 13.3. The van der Waals surface area contributed by atoms with Gasteiger partial charge in [0.05, 0.1) is 25.3 Å². The molecule has 0 radical (unpaired) electrons. The third-order valence-corrected chi connectivity index (χ3v) is 6.79. The summed E-state index contributed by atoms with van der Waals surface area (Å²) in [6.07, 6.45) is 2.27. The first kappa shape index (κ1) is 25.4. The minimum absolute atomic E-state index is 0.0364. The first-order chi connectivity index (χ1) is 15.4. The predicted molar refractivity (Wildman–Crippen MR) is 137 cm³/mol. The van der Waals surface area contributed by atoms with Crippen molar-refractivity contribution in [3.05, 3.63) is 52.8 Å². The fourth-order valence-corrected chi connectivity index (χ4v) is 4.99. The number of carbonyl (C=O) groups is 1. The normalized spacial score (nSPS) is 12.2. The summed E-state index contributed by atoms with van der Waals surface area (Å²) in [5.74, 6) is 0.503. The van der Waals surface area contributed by atoms with Gasteiger partial charge in [-0.15, -0.1) is 11.8 Å². The molecule has 178 valence electrons.